The molecule has 1 amide bonds. The van der Waals surface area contributed by atoms with Crippen molar-refractivity contribution in [3.63, 3.8) is 0 Å². The van der Waals surface area contributed by atoms with Crippen molar-refractivity contribution < 1.29 is 22.8 Å². The molecule has 2 aromatic rings. The van der Waals surface area contributed by atoms with E-state index >= 15 is 0 Å². The monoisotopic (exact) mass is 334 g/mol. The van der Waals surface area contributed by atoms with Gasteiger partial charge in [-0.05, 0) is 18.9 Å². The van der Waals surface area contributed by atoms with E-state index in [-0.39, 0.29) is 30.3 Å². The number of carbonyl (C=O) groups is 1. The molecular weight excluding hydrogens is 318 g/mol. The Bertz CT molecular complexity index is 773. The number of hydrogen-bond donors (Lipinski definition) is 0. The van der Waals surface area contributed by atoms with Crippen LogP contribution in [0.15, 0.2) is 28.8 Å². The predicted octanol–water partition coefficient (Wildman–Crippen LogP) is 3.04. The molecule has 1 saturated carbocycles. The van der Waals surface area contributed by atoms with Gasteiger partial charge in [-0.25, -0.2) is 8.78 Å². The molecule has 0 bridgehead atoms. The Morgan fingerprint density at radius 1 is 1.25 bits per heavy atom. The number of halogens is 2. The van der Waals surface area contributed by atoms with Crippen LogP contribution in [-0.2, 0) is 4.74 Å². The standard InChI is InChI=1S/C17H16F2N2O3/c18-11-3-4-12(13(19)7-11)16-9-21(5-6-23-16)17(22)14-8-15(24-20-14)10-1-2-10/h3-4,7-8,10,16H,1-2,5-6,9H2. The van der Waals surface area contributed by atoms with Crippen molar-refractivity contribution in [1.82, 2.24) is 10.1 Å². The SMILES string of the molecule is O=C(c1cc(C2CC2)on1)N1CCOC(c2ccc(F)cc2F)C1. The van der Waals surface area contributed by atoms with Crippen LogP contribution in [0.1, 0.15) is 46.7 Å². The van der Waals surface area contributed by atoms with Gasteiger partial charge in [0, 0.05) is 30.2 Å². The molecule has 1 aromatic heterocycles. The van der Waals surface area contributed by atoms with Crippen LogP contribution in [0.5, 0.6) is 0 Å². The normalized spacial score (nSPS) is 21.1. The van der Waals surface area contributed by atoms with E-state index in [0.29, 0.717) is 12.5 Å². The van der Waals surface area contributed by atoms with Crippen molar-refractivity contribution in [1.29, 1.82) is 0 Å². The van der Waals surface area contributed by atoms with Crippen molar-refractivity contribution in [2.24, 2.45) is 0 Å². The quantitative estimate of drug-likeness (QED) is 0.866. The molecule has 7 heteroatoms. The van der Waals surface area contributed by atoms with E-state index in [4.69, 9.17) is 9.26 Å². The van der Waals surface area contributed by atoms with Crippen LogP contribution in [-0.4, -0.2) is 35.7 Å². The van der Waals surface area contributed by atoms with E-state index < -0.39 is 17.7 Å². The third-order valence-electron chi connectivity index (χ3n) is 4.39. The minimum absolute atomic E-state index is 0.188. The predicted molar refractivity (Wildman–Crippen MR) is 79.4 cm³/mol. The summed E-state index contributed by atoms with van der Waals surface area (Å²) in [5.74, 6) is -0.457. The van der Waals surface area contributed by atoms with Crippen molar-refractivity contribution >= 4 is 5.91 Å². The largest absolute Gasteiger partial charge is 0.370 e. The van der Waals surface area contributed by atoms with Crippen molar-refractivity contribution in [3.05, 3.63) is 52.9 Å². The highest BCUT2D eigenvalue weighted by Crippen LogP contribution is 2.40. The highest BCUT2D eigenvalue weighted by atomic mass is 19.1. The number of amides is 1. The second-order valence-corrected chi connectivity index (χ2v) is 6.17. The number of rotatable bonds is 3. The zero-order valence-corrected chi connectivity index (χ0v) is 12.9. The van der Waals surface area contributed by atoms with Gasteiger partial charge in [0.05, 0.1) is 13.2 Å². The van der Waals surface area contributed by atoms with Gasteiger partial charge in [-0.3, -0.25) is 4.79 Å². The van der Waals surface area contributed by atoms with Crippen LogP contribution in [0.3, 0.4) is 0 Å². The van der Waals surface area contributed by atoms with E-state index in [1.807, 2.05) is 0 Å². The van der Waals surface area contributed by atoms with E-state index in [9.17, 15) is 13.6 Å². The summed E-state index contributed by atoms with van der Waals surface area (Å²) in [6.07, 6.45) is 1.50. The number of hydrogen-bond acceptors (Lipinski definition) is 4. The summed E-state index contributed by atoms with van der Waals surface area (Å²) in [6.45, 7) is 0.858. The first-order valence-corrected chi connectivity index (χ1v) is 7.94. The average Bonchev–Trinajstić information content (AvgIpc) is 3.31. The molecule has 2 fully saturated rings. The lowest BCUT2D eigenvalue weighted by Crippen LogP contribution is -2.42. The van der Waals surface area contributed by atoms with Crippen LogP contribution in [0, 0.1) is 11.6 Å². The molecule has 0 N–H and O–H groups in total. The van der Waals surface area contributed by atoms with Crippen molar-refractivity contribution in [3.8, 4) is 0 Å². The highest BCUT2D eigenvalue weighted by Gasteiger charge is 2.32. The Morgan fingerprint density at radius 3 is 2.83 bits per heavy atom. The van der Waals surface area contributed by atoms with Gasteiger partial charge in [0.15, 0.2) is 5.69 Å². The Kier molecular flexibility index (Phi) is 3.80. The van der Waals surface area contributed by atoms with Gasteiger partial charge in [-0.1, -0.05) is 11.2 Å². The van der Waals surface area contributed by atoms with Gasteiger partial charge >= 0.3 is 0 Å². The summed E-state index contributed by atoms with van der Waals surface area (Å²) < 4.78 is 37.8. The van der Waals surface area contributed by atoms with Crippen LogP contribution >= 0.6 is 0 Å². The Hall–Kier alpha value is -2.28. The van der Waals surface area contributed by atoms with E-state index in [2.05, 4.69) is 5.16 Å². The van der Waals surface area contributed by atoms with E-state index in [1.165, 1.54) is 12.1 Å². The van der Waals surface area contributed by atoms with Crippen molar-refractivity contribution in [2.45, 2.75) is 24.9 Å². The second-order valence-electron chi connectivity index (χ2n) is 6.17. The Morgan fingerprint density at radius 2 is 2.08 bits per heavy atom. The van der Waals surface area contributed by atoms with Crippen molar-refractivity contribution in [2.75, 3.05) is 19.7 Å². The number of ether oxygens (including phenoxy) is 1. The van der Waals surface area contributed by atoms with E-state index in [0.717, 1.165) is 24.7 Å². The molecule has 1 aromatic carbocycles. The molecule has 24 heavy (non-hydrogen) atoms. The molecule has 1 saturated heterocycles. The lowest BCUT2D eigenvalue weighted by atomic mass is 10.1. The average molecular weight is 334 g/mol. The maximum Gasteiger partial charge on any atom is 0.276 e. The van der Waals surface area contributed by atoms with Gasteiger partial charge in [-0.2, -0.15) is 0 Å². The van der Waals surface area contributed by atoms with Gasteiger partial charge in [0.25, 0.3) is 5.91 Å². The third-order valence-corrected chi connectivity index (χ3v) is 4.39. The van der Waals surface area contributed by atoms with Gasteiger partial charge in [0.2, 0.25) is 0 Å². The maximum atomic E-state index is 13.9. The first kappa shape index (κ1) is 15.3. The molecule has 4 rings (SSSR count). The summed E-state index contributed by atoms with van der Waals surface area (Å²) in [6, 6.07) is 5.04. The molecule has 1 aliphatic carbocycles. The van der Waals surface area contributed by atoms with E-state index in [1.54, 1.807) is 11.0 Å². The van der Waals surface area contributed by atoms with Crippen LogP contribution < -0.4 is 0 Å². The zero-order valence-electron chi connectivity index (χ0n) is 12.9. The maximum absolute atomic E-state index is 13.9. The van der Waals surface area contributed by atoms with Crippen LogP contribution in [0.2, 0.25) is 0 Å². The smallest absolute Gasteiger partial charge is 0.276 e. The molecule has 126 valence electrons. The summed E-state index contributed by atoms with van der Waals surface area (Å²) in [7, 11) is 0. The molecule has 1 unspecified atom stereocenters. The van der Waals surface area contributed by atoms with Gasteiger partial charge in [0.1, 0.15) is 23.5 Å². The fraction of sp³-hybridized carbons (Fsp3) is 0.412. The fourth-order valence-electron chi connectivity index (χ4n) is 2.90. The summed E-state index contributed by atoms with van der Waals surface area (Å²) in [5.41, 5.74) is 0.504. The minimum atomic E-state index is -0.674. The highest BCUT2D eigenvalue weighted by molar-refractivity contribution is 5.92. The lowest BCUT2D eigenvalue weighted by molar-refractivity contribution is -0.0246. The minimum Gasteiger partial charge on any atom is -0.370 e. The Balaban J connectivity index is 1.50. The lowest BCUT2D eigenvalue weighted by Gasteiger charge is -2.32. The summed E-state index contributed by atoms with van der Waals surface area (Å²) in [4.78, 5) is 14.1. The van der Waals surface area contributed by atoms with Gasteiger partial charge < -0.3 is 14.2 Å². The molecule has 2 heterocycles. The zero-order chi connectivity index (χ0) is 16.7. The number of aromatic nitrogens is 1. The molecule has 2 aliphatic rings. The van der Waals surface area contributed by atoms with Gasteiger partial charge in [-0.15, -0.1) is 0 Å². The Labute approximate surface area is 137 Å². The molecular formula is C17H16F2N2O3. The number of benzene rings is 1. The summed E-state index contributed by atoms with van der Waals surface area (Å²) >= 11 is 0. The molecule has 0 spiro atoms. The fourth-order valence-corrected chi connectivity index (χ4v) is 2.90. The number of nitrogens with zero attached hydrogens (tertiary/aromatic N) is 2. The van der Waals surface area contributed by atoms with Crippen LogP contribution in [0.4, 0.5) is 8.78 Å². The summed E-state index contributed by atoms with van der Waals surface area (Å²) in [5, 5.41) is 3.85. The number of carbonyl (C=O) groups excluding carboxylic acids is 1. The molecule has 0 radical (unpaired) electrons. The first-order valence-electron chi connectivity index (χ1n) is 7.94. The number of morpholine rings is 1. The molecule has 1 atom stereocenters. The third kappa shape index (κ3) is 2.91. The van der Waals surface area contributed by atoms with Crippen LogP contribution in [0.25, 0.3) is 0 Å². The first-order chi connectivity index (χ1) is 11.6. The topological polar surface area (TPSA) is 55.6 Å². The molecule has 1 aliphatic heterocycles. The molecule has 5 nitrogen and oxygen atoms in total. The second kappa shape index (κ2) is 5.98.